The maximum absolute atomic E-state index is 15.3. The average molecular weight is 1330 g/mol. The van der Waals surface area contributed by atoms with Gasteiger partial charge in [-0.05, 0) is 101 Å². The number of amides is 11. The van der Waals surface area contributed by atoms with Gasteiger partial charge in [0.15, 0.2) is 0 Å². The van der Waals surface area contributed by atoms with E-state index in [-0.39, 0.29) is 56.1 Å². The SMILES string of the molecule is C/C=C/C[C@@H](C)[C@@H](O)[C@H]1C(=O)N[C@@H](CC)C(=O)N(C)[C@H](C)C(=O)N(C)[C@@H]([C@@H](C)CN2CCO[C@H](COC)C2)C(=O)N[C@@H](C(C)C)C(=O)N(C)[C@@H](CC(C)C)C(=O)N[C@@H](C)C(=O)N[C@H](C)C(=O)N(C)[C@@H](CC(C)C)C(=O)N(C)[C@@H](CC(C)C)C(=O)N(C)[C@@H](C(C)C)C(=O)N1C. The Kier molecular flexibility index (Phi) is 34.3. The van der Waals surface area contributed by atoms with Crippen LogP contribution < -0.4 is 21.3 Å². The molecule has 94 heavy (non-hydrogen) atoms. The summed E-state index contributed by atoms with van der Waals surface area (Å²) in [5.41, 5.74) is 0. The first-order chi connectivity index (χ1) is 43.6. The molecule has 2 aliphatic heterocycles. The third kappa shape index (κ3) is 22.7. The summed E-state index contributed by atoms with van der Waals surface area (Å²) in [5, 5.41) is 23.4. The number of rotatable bonds is 18. The summed E-state index contributed by atoms with van der Waals surface area (Å²) >= 11 is 0. The molecule has 15 atom stereocenters. The molecule has 2 fully saturated rings. The van der Waals surface area contributed by atoms with Crippen LogP contribution in [0.15, 0.2) is 12.2 Å². The number of morpholine rings is 1. The molecule has 5 N–H and O–H groups in total. The van der Waals surface area contributed by atoms with Gasteiger partial charge in [0.25, 0.3) is 0 Å². The van der Waals surface area contributed by atoms with Crippen molar-refractivity contribution < 1.29 is 67.3 Å². The Labute approximate surface area is 562 Å². The van der Waals surface area contributed by atoms with Crippen LogP contribution in [-0.4, -0.2) is 277 Å². The fourth-order valence-electron chi connectivity index (χ4n) is 12.5. The topological polar surface area (TPSA) is 300 Å². The third-order valence-corrected chi connectivity index (χ3v) is 18.4. The van der Waals surface area contributed by atoms with Gasteiger partial charge in [-0.15, -0.1) is 0 Å². The molecular formula is C68H122N12O14. The average Bonchev–Trinajstić information content (AvgIpc) is 0.818. The van der Waals surface area contributed by atoms with E-state index in [1.54, 1.807) is 68.6 Å². The lowest BCUT2D eigenvalue weighted by Gasteiger charge is -2.41. The van der Waals surface area contributed by atoms with E-state index in [9.17, 15) is 29.1 Å². The minimum atomic E-state index is -1.64. The zero-order valence-corrected chi connectivity index (χ0v) is 61.6. The van der Waals surface area contributed by atoms with E-state index in [1.165, 1.54) is 94.6 Å². The summed E-state index contributed by atoms with van der Waals surface area (Å²) in [6.07, 6.45) is 2.52. The van der Waals surface area contributed by atoms with Crippen LogP contribution in [-0.2, 0) is 62.2 Å². The van der Waals surface area contributed by atoms with Gasteiger partial charge in [-0.1, -0.05) is 102 Å². The predicted molar refractivity (Wildman–Crippen MR) is 361 cm³/mol. The number of hydrogen-bond acceptors (Lipinski definition) is 15. The Hall–Kier alpha value is -6.25. The summed E-state index contributed by atoms with van der Waals surface area (Å²) in [7, 11) is 11.5. The van der Waals surface area contributed by atoms with Crippen LogP contribution in [0.1, 0.15) is 150 Å². The van der Waals surface area contributed by atoms with Gasteiger partial charge in [0.1, 0.15) is 66.5 Å². The summed E-state index contributed by atoms with van der Waals surface area (Å²) in [4.78, 5) is 174. The molecule has 0 aromatic heterocycles. The number of allylic oxidation sites excluding steroid dienone is 2. The molecule has 538 valence electrons. The fourth-order valence-corrected chi connectivity index (χ4v) is 12.5. The Morgan fingerprint density at radius 1 is 0.532 bits per heavy atom. The number of carbonyl (C=O) groups is 11. The zero-order valence-electron chi connectivity index (χ0n) is 61.6. The van der Waals surface area contributed by atoms with E-state index in [4.69, 9.17) is 9.47 Å². The number of likely N-dealkylation sites (N-methyl/N-ethyl adjacent to an activating group) is 7. The van der Waals surface area contributed by atoms with Gasteiger partial charge in [-0.3, -0.25) is 57.6 Å². The molecule has 0 saturated carbocycles. The maximum atomic E-state index is 15.3. The highest BCUT2D eigenvalue weighted by Crippen LogP contribution is 2.26. The fraction of sp³-hybridized carbons (Fsp3) is 0.809. The number of nitrogens with zero attached hydrogens (tertiary/aromatic N) is 8. The molecule has 0 unspecified atom stereocenters. The van der Waals surface area contributed by atoms with E-state index in [2.05, 4.69) is 26.2 Å². The van der Waals surface area contributed by atoms with Crippen molar-refractivity contribution in [2.24, 2.45) is 41.4 Å². The Bertz CT molecular complexity index is 2580. The molecule has 2 aliphatic rings. The molecule has 0 spiro atoms. The maximum Gasteiger partial charge on any atom is 0.246 e. The quantitative estimate of drug-likeness (QED) is 0.123. The van der Waals surface area contributed by atoms with E-state index in [1.807, 2.05) is 47.6 Å². The molecule has 2 saturated heterocycles. The number of methoxy groups -OCH3 is 1. The third-order valence-electron chi connectivity index (χ3n) is 18.4. The molecule has 0 aliphatic carbocycles. The Morgan fingerprint density at radius 3 is 1.51 bits per heavy atom. The lowest BCUT2D eigenvalue weighted by molar-refractivity contribution is -0.157. The van der Waals surface area contributed by atoms with Crippen molar-refractivity contribution in [3.8, 4) is 0 Å². The predicted octanol–water partition coefficient (Wildman–Crippen LogP) is 2.59. The van der Waals surface area contributed by atoms with Crippen molar-refractivity contribution >= 4 is 65.0 Å². The van der Waals surface area contributed by atoms with Crippen LogP contribution in [0.25, 0.3) is 0 Å². The highest BCUT2D eigenvalue weighted by Gasteiger charge is 2.47. The lowest BCUT2D eigenvalue weighted by Crippen LogP contribution is -2.64. The Balaban J connectivity index is 3.06. The monoisotopic (exact) mass is 1330 g/mol. The molecule has 11 amide bonds. The second kappa shape index (κ2) is 38.5. The van der Waals surface area contributed by atoms with Gasteiger partial charge >= 0.3 is 0 Å². The van der Waals surface area contributed by atoms with E-state index in [0.29, 0.717) is 32.7 Å². The van der Waals surface area contributed by atoms with E-state index >= 15 is 28.8 Å². The number of hydrogen-bond donors (Lipinski definition) is 5. The van der Waals surface area contributed by atoms with Crippen LogP contribution in [0.5, 0.6) is 0 Å². The largest absolute Gasteiger partial charge is 0.390 e. The first-order valence-corrected chi connectivity index (χ1v) is 33.9. The molecule has 26 heteroatoms. The first kappa shape index (κ1) is 83.8. The molecule has 26 nitrogen and oxygen atoms in total. The van der Waals surface area contributed by atoms with Crippen molar-refractivity contribution in [2.75, 3.05) is 89.3 Å². The van der Waals surface area contributed by atoms with Crippen LogP contribution in [0.2, 0.25) is 0 Å². The smallest absolute Gasteiger partial charge is 0.246 e. The van der Waals surface area contributed by atoms with Crippen LogP contribution >= 0.6 is 0 Å². The van der Waals surface area contributed by atoms with Gasteiger partial charge in [0.05, 0.1) is 25.4 Å². The Morgan fingerprint density at radius 2 is 1.01 bits per heavy atom. The van der Waals surface area contributed by atoms with Gasteiger partial charge in [-0.2, -0.15) is 0 Å². The number of carbonyl (C=O) groups excluding carboxylic acids is 11. The van der Waals surface area contributed by atoms with Crippen LogP contribution in [0.3, 0.4) is 0 Å². The van der Waals surface area contributed by atoms with Crippen molar-refractivity contribution in [1.82, 2.24) is 60.5 Å². The summed E-state index contributed by atoms with van der Waals surface area (Å²) < 4.78 is 11.3. The highest BCUT2D eigenvalue weighted by molar-refractivity contribution is 6.00. The summed E-state index contributed by atoms with van der Waals surface area (Å²) in [6.45, 7) is 31.4. The first-order valence-electron chi connectivity index (χ1n) is 33.9. The van der Waals surface area contributed by atoms with Crippen LogP contribution in [0.4, 0.5) is 0 Å². The molecule has 2 rings (SSSR count). The van der Waals surface area contributed by atoms with E-state index < -0.39 is 161 Å². The number of nitrogens with one attached hydrogen (secondary N) is 4. The van der Waals surface area contributed by atoms with Gasteiger partial charge in [0.2, 0.25) is 65.0 Å². The summed E-state index contributed by atoms with van der Waals surface area (Å²) in [5.74, 6) is -10.5. The van der Waals surface area contributed by atoms with Crippen molar-refractivity contribution in [1.29, 1.82) is 0 Å². The molecule has 2 heterocycles. The molecule has 0 radical (unpaired) electrons. The van der Waals surface area contributed by atoms with Gasteiger partial charge < -0.3 is 70.1 Å². The number of ether oxygens (including phenoxy) is 2. The second-order valence-corrected chi connectivity index (χ2v) is 28.5. The summed E-state index contributed by atoms with van der Waals surface area (Å²) in [6, 6.07) is -14.0. The second-order valence-electron chi connectivity index (χ2n) is 28.5. The minimum absolute atomic E-state index is 0.00489. The molecule has 0 bridgehead atoms. The number of aliphatic hydroxyl groups excluding tert-OH is 1. The van der Waals surface area contributed by atoms with Gasteiger partial charge in [-0.25, -0.2) is 0 Å². The molecule has 0 aromatic rings. The minimum Gasteiger partial charge on any atom is -0.390 e. The molecular weight excluding hydrogens is 1210 g/mol. The van der Waals surface area contributed by atoms with E-state index in [0.717, 1.165) is 9.80 Å². The van der Waals surface area contributed by atoms with Crippen molar-refractivity contribution in [3.05, 3.63) is 12.2 Å². The van der Waals surface area contributed by atoms with Gasteiger partial charge in [0, 0.05) is 76.1 Å². The highest BCUT2D eigenvalue weighted by atomic mass is 16.5. The van der Waals surface area contributed by atoms with Crippen molar-refractivity contribution in [3.63, 3.8) is 0 Å². The lowest BCUT2D eigenvalue weighted by atomic mass is 9.91. The normalized spacial score (nSPS) is 28.5. The zero-order chi connectivity index (χ0) is 72.2. The van der Waals surface area contributed by atoms with Crippen molar-refractivity contribution in [2.45, 2.75) is 228 Å². The standard InChI is InChI=1S/C68H122N12O14/c1-26-28-29-43(13)57(81)56-61(85)71-49(27-2)64(88)73(18)47(17)63(87)78(23)55(44(14)35-80-30-31-94-48(36-80)37-93-25)60(84)72-53(41(9)10)67(91)74(19)50(32-38(3)4)59(83)69-45(15)58(82)70-46(16)62(86)75(20)51(33-39(5)6)65(89)76(21)52(34-40(7)8)66(90)77(22)54(42(11)12)68(92)79(56)24/h26,28,38-57,81H,27,29-37H2,1-25H3,(H,69,83)(H,70,82)(H,71,85)(H,72,84)/b28-26+/t43-,44+,45+,46-,47-,48+,49+,50+,51+,52+,53+,54+,55+,56+,57-/m1/s1. The van der Waals surface area contributed by atoms with Crippen LogP contribution in [0, 0.1) is 41.4 Å². The number of aliphatic hydroxyl groups is 1. The molecule has 0 aromatic carbocycles.